The van der Waals surface area contributed by atoms with Gasteiger partial charge in [-0.1, -0.05) is 0 Å². The molecule has 1 unspecified atom stereocenters. The molecule has 2 rings (SSSR count). The average molecular weight is 278 g/mol. The van der Waals surface area contributed by atoms with Crippen LogP contribution in [0.2, 0.25) is 0 Å². The number of carbonyl (C=O) groups is 1. The van der Waals surface area contributed by atoms with Crippen LogP contribution in [-0.2, 0) is 4.74 Å². The van der Waals surface area contributed by atoms with E-state index in [1.165, 1.54) is 0 Å². The lowest BCUT2D eigenvalue weighted by molar-refractivity contribution is 0.0955. The largest absolute Gasteiger partial charge is 0.377 e. The molecular formula is C16H26N2O2. The molecule has 1 aliphatic rings. The maximum absolute atomic E-state index is 12.3. The number of hydrogen-bond donors (Lipinski definition) is 1. The molecule has 1 N–H and O–H groups in total. The van der Waals surface area contributed by atoms with Gasteiger partial charge in [-0.15, -0.1) is 0 Å². The predicted octanol–water partition coefficient (Wildman–Crippen LogP) is 2.64. The highest BCUT2D eigenvalue weighted by atomic mass is 16.5. The maximum Gasteiger partial charge on any atom is 0.178 e. The zero-order valence-electron chi connectivity index (χ0n) is 13.0. The third-order valence-electron chi connectivity index (χ3n) is 3.98. The van der Waals surface area contributed by atoms with Crippen LogP contribution in [-0.4, -0.2) is 36.2 Å². The summed E-state index contributed by atoms with van der Waals surface area (Å²) < 4.78 is 7.76. The van der Waals surface area contributed by atoms with E-state index in [0.29, 0.717) is 12.6 Å². The van der Waals surface area contributed by atoms with Gasteiger partial charge in [0, 0.05) is 36.1 Å². The van der Waals surface area contributed by atoms with E-state index in [-0.39, 0.29) is 11.9 Å². The van der Waals surface area contributed by atoms with E-state index in [0.717, 1.165) is 42.9 Å². The van der Waals surface area contributed by atoms with Crippen LogP contribution in [0, 0.1) is 13.8 Å². The second kappa shape index (κ2) is 6.55. The monoisotopic (exact) mass is 278 g/mol. The van der Waals surface area contributed by atoms with Crippen LogP contribution in [0.15, 0.2) is 6.07 Å². The van der Waals surface area contributed by atoms with Gasteiger partial charge >= 0.3 is 0 Å². The molecule has 1 aliphatic heterocycles. The molecule has 0 aliphatic carbocycles. The first kappa shape index (κ1) is 15.3. The number of aromatic nitrogens is 1. The standard InChI is InChI=1S/C16H26N2O2/c1-11(2)18-12(3)8-15(13(18)4)16(19)10-17-9-14-6-5-7-20-14/h8,11,14,17H,5-7,9-10H2,1-4H3. The lowest BCUT2D eigenvalue weighted by atomic mass is 10.1. The van der Waals surface area contributed by atoms with E-state index in [1.807, 2.05) is 13.0 Å². The molecule has 4 heteroatoms. The van der Waals surface area contributed by atoms with Crippen LogP contribution < -0.4 is 5.32 Å². The Kier molecular flexibility index (Phi) is 5.00. The van der Waals surface area contributed by atoms with Crippen LogP contribution in [0.1, 0.15) is 54.5 Å². The van der Waals surface area contributed by atoms with E-state index >= 15 is 0 Å². The van der Waals surface area contributed by atoms with E-state index in [2.05, 4.69) is 30.7 Å². The van der Waals surface area contributed by atoms with Gasteiger partial charge in [0.1, 0.15) is 0 Å². The Bertz CT molecular complexity index is 471. The van der Waals surface area contributed by atoms with Crippen molar-refractivity contribution >= 4 is 5.78 Å². The highest BCUT2D eigenvalue weighted by Gasteiger charge is 2.18. The Morgan fingerprint density at radius 1 is 1.50 bits per heavy atom. The number of nitrogens with one attached hydrogen (secondary N) is 1. The number of hydrogen-bond acceptors (Lipinski definition) is 3. The molecule has 4 nitrogen and oxygen atoms in total. The lowest BCUT2D eigenvalue weighted by Gasteiger charge is -2.14. The lowest BCUT2D eigenvalue weighted by Crippen LogP contribution is -2.31. The first-order valence-corrected chi connectivity index (χ1v) is 7.54. The molecule has 2 heterocycles. The van der Waals surface area contributed by atoms with Crippen LogP contribution in [0.3, 0.4) is 0 Å². The maximum atomic E-state index is 12.3. The van der Waals surface area contributed by atoms with Crippen LogP contribution in [0.5, 0.6) is 0 Å². The minimum atomic E-state index is 0.169. The molecule has 0 radical (unpaired) electrons. The zero-order chi connectivity index (χ0) is 14.7. The van der Waals surface area contributed by atoms with Crippen molar-refractivity contribution in [2.24, 2.45) is 0 Å². The van der Waals surface area contributed by atoms with E-state index in [9.17, 15) is 4.79 Å². The van der Waals surface area contributed by atoms with Gasteiger partial charge in [0.2, 0.25) is 0 Å². The Hall–Kier alpha value is -1.13. The SMILES string of the molecule is Cc1cc(C(=O)CNCC2CCCO2)c(C)n1C(C)C. The summed E-state index contributed by atoms with van der Waals surface area (Å²) in [5.74, 6) is 0.169. The molecule has 1 fully saturated rings. The van der Waals surface area contributed by atoms with Crippen molar-refractivity contribution in [1.29, 1.82) is 0 Å². The molecule has 112 valence electrons. The van der Waals surface area contributed by atoms with Crippen LogP contribution in [0.25, 0.3) is 0 Å². The normalized spacial score (nSPS) is 18.9. The van der Waals surface area contributed by atoms with Crippen molar-refractivity contribution in [3.63, 3.8) is 0 Å². The number of ether oxygens (including phenoxy) is 1. The van der Waals surface area contributed by atoms with Gasteiger partial charge in [0.25, 0.3) is 0 Å². The van der Waals surface area contributed by atoms with Gasteiger partial charge in [0.15, 0.2) is 5.78 Å². The third-order valence-corrected chi connectivity index (χ3v) is 3.98. The van der Waals surface area contributed by atoms with Crippen molar-refractivity contribution in [2.75, 3.05) is 19.7 Å². The first-order valence-electron chi connectivity index (χ1n) is 7.54. The van der Waals surface area contributed by atoms with Gasteiger partial charge in [-0.05, 0) is 46.6 Å². The summed E-state index contributed by atoms with van der Waals surface area (Å²) in [6.07, 6.45) is 2.52. The van der Waals surface area contributed by atoms with Gasteiger partial charge < -0.3 is 14.6 Å². The Morgan fingerprint density at radius 3 is 2.80 bits per heavy atom. The number of rotatable bonds is 6. The summed E-state index contributed by atoms with van der Waals surface area (Å²) in [5, 5.41) is 3.23. The number of carbonyl (C=O) groups excluding carboxylic acids is 1. The summed E-state index contributed by atoms with van der Waals surface area (Å²) in [6.45, 7) is 10.4. The summed E-state index contributed by atoms with van der Waals surface area (Å²) in [7, 11) is 0. The van der Waals surface area contributed by atoms with Crippen molar-refractivity contribution in [3.05, 3.63) is 23.0 Å². The second-order valence-corrected chi connectivity index (χ2v) is 5.94. The third kappa shape index (κ3) is 3.30. The average Bonchev–Trinajstić information content (AvgIpc) is 2.97. The fourth-order valence-corrected chi connectivity index (χ4v) is 3.10. The van der Waals surface area contributed by atoms with Crippen molar-refractivity contribution in [3.8, 4) is 0 Å². The van der Waals surface area contributed by atoms with E-state index in [1.54, 1.807) is 0 Å². The highest BCUT2D eigenvalue weighted by molar-refractivity contribution is 5.99. The molecule has 0 aromatic carbocycles. The Morgan fingerprint density at radius 2 is 2.25 bits per heavy atom. The molecule has 0 amide bonds. The summed E-state index contributed by atoms with van der Waals surface area (Å²) in [5.41, 5.74) is 3.07. The van der Waals surface area contributed by atoms with E-state index < -0.39 is 0 Å². The number of aryl methyl sites for hydroxylation is 1. The first-order chi connectivity index (χ1) is 9.50. The molecule has 0 bridgehead atoms. The molecule has 20 heavy (non-hydrogen) atoms. The predicted molar refractivity (Wildman–Crippen MR) is 80.5 cm³/mol. The minimum absolute atomic E-state index is 0.169. The Labute approximate surface area is 121 Å². The van der Waals surface area contributed by atoms with Gasteiger partial charge in [-0.25, -0.2) is 0 Å². The van der Waals surface area contributed by atoms with E-state index in [4.69, 9.17) is 4.74 Å². The summed E-state index contributed by atoms with van der Waals surface area (Å²) in [4.78, 5) is 12.3. The summed E-state index contributed by atoms with van der Waals surface area (Å²) >= 11 is 0. The van der Waals surface area contributed by atoms with Gasteiger partial charge in [-0.2, -0.15) is 0 Å². The van der Waals surface area contributed by atoms with Gasteiger partial charge in [-0.3, -0.25) is 4.79 Å². The number of Topliss-reactive ketones (excluding diaryl/α,β-unsaturated/α-hetero) is 1. The van der Waals surface area contributed by atoms with Crippen LogP contribution in [0.4, 0.5) is 0 Å². The van der Waals surface area contributed by atoms with Crippen molar-refractivity contribution in [2.45, 2.75) is 52.7 Å². The van der Waals surface area contributed by atoms with Crippen molar-refractivity contribution < 1.29 is 9.53 Å². The molecule has 1 atom stereocenters. The fraction of sp³-hybridized carbons (Fsp3) is 0.688. The van der Waals surface area contributed by atoms with Crippen molar-refractivity contribution in [1.82, 2.24) is 9.88 Å². The summed E-state index contributed by atoms with van der Waals surface area (Å²) in [6, 6.07) is 2.39. The molecule has 0 spiro atoms. The number of ketones is 1. The van der Waals surface area contributed by atoms with Crippen LogP contribution >= 0.6 is 0 Å². The van der Waals surface area contributed by atoms with Gasteiger partial charge in [0.05, 0.1) is 12.6 Å². The quantitative estimate of drug-likeness (QED) is 0.814. The smallest absolute Gasteiger partial charge is 0.178 e. The highest BCUT2D eigenvalue weighted by Crippen LogP contribution is 2.20. The molecular weight excluding hydrogens is 252 g/mol. The zero-order valence-corrected chi connectivity index (χ0v) is 13.0. The Balaban J connectivity index is 1.93. The topological polar surface area (TPSA) is 43.3 Å². The molecule has 1 saturated heterocycles. The number of nitrogens with zero attached hydrogens (tertiary/aromatic N) is 1. The molecule has 1 aromatic rings. The molecule has 0 saturated carbocycles. The fourth-order valence-electron chi connectivity index (χ4n) is 3.10. The second-order valence-electron chi connectivity index (χ2n) is 5.94. The minimum Gasteiger partial charge on any atom is -0.377 e. The molecule has 1 aromatic heterocycles.